The summed E-state index contributed by atoms with van der Waals surface area (Å²) in [6.07, 6.45) is -4.20. The number of nitrogens with one attached hydrogen (secondary N) is 2. The molecule has 1 fully saturated rings. The number of aromatic carboxylic acids is 1. The van der Waals surface area contributed by atoms with Crippen LogP contribution in [0.25, 0.3) is 0 Å². The molecular formula is C26H33F3N4O7S. The summed E-state index contributed by atoms with van der Waals surface area (Å²) in [5.74, 6) is -3.91. The number of carboxylic acids is 2. The zero-order valence-corrected chi connectivity index (χ0v) is 23.6. The number of carbonyl (C=O) groups is 3. The number of piperazine rings is 1. The van der Waals surface area contributed by atoms with Gasteiger partial charge in [-0.25, -0.2) is 18.0 Å². The number of benzene rings is 2. The minimum Gasteiger partial charge on any atom is -0.478 e. The Morgan fingerprint density at radius 2 is 1.56 bits per heavy atom. The normalized spacial score (nSPS) is 14.0. The van der Waals surface area contributed by atoms with Crippen molar-refractivity contribution in [2.75, 3.05) is 48.9 Å². The third kappa shape index (κ3) is 9.93. The van der Waals surface area contributed by atoms with E-state index in [0.29, 0.717) is 45.0 Å². The van der Waals surface area contributed by atoms with Crippen LogP contribution >= 0.6 is 0 Å². The number of halogens is 3. The Morgan fingerprint density at radius 1 is 0.951 bits per heavy atom. The molecule has 1 aliphatic heterocycles. The van der Waals surface area contributed by atoms with Crippen LogP contribution in [0, 0.1) is 13.8 Å². The predicted molar refractivity (Wildman–Crippen MR) is 146 cm³/mol. The number of alkyl halides is 3. The number of carboxylic acid groups (broad SMARTS) is 2. The van der Waals surface area contributed by atoms with Crippen LogP contribution in [0.4, 0.5) is 24.5 Å². The standard InChI is InChI=1S/C24H32N4O5S.C2HF3O2/c1-4-9-25-23(29)16-27-10-12-28(13-11-27)22-8-6-19(24(30)31)15-21(22)26-34(32,33)20-7-5-17(2)18(3)14-20;3-2(4,5)1(6)7/h5-8,14-15,26H,4,9-13,16H2,1-3H3,(H,25,29)(H,30,31);(H,6,7). The molecule has 0 spiro atoms. The fourth-order valence-electron chi connectivity index (χ4n) is 3.78. The molecule has 15 heteroatoms. The number of nitrogens with zero attached hydrogens (tertiary/aromatic N) is 2. The first-order valence-electron chi connectivity index (χ1n) is 12.6. The van der Waals surface area contributed by atoms with Crippen molar-refractivity contribution in [2.45, 2.75) is 38.3 Å². The minimum absolute atomic E-state index is 0.00670. The van der Waals surface area contributed by atoms with E-state index in [0.717, 1.165) is 17.5 Å². The van der Waals surface area contributed by atoms with Crippen LogP contribution in [0.5, 0.6) is 0 Å². The minimum atomic E-state index is -5.08. The molecule has 1 heterocycles. The molecule has 1 saturated heterocycles. The average Bonchev–Trinajstić information content (AvgIpc) is 2.89. The number of anilines is 2. The monoisotopic (exact) mass is 602 g/mol. The molecule has 11 nitrogen and oxygen atoms in total. The maximum atomic E-state index is 13.1. The molecule has 0 aromatic heterocycles. The second-order valence-corrected chi connectivity index (χ2v) is 11.0. The van der Waals surface area contributed by atoms with Gasteiger partial charge in [0.1, 0.15) is 0 Å². The summed E-state index contributed by atoms with van der Waals surface area (Å²) in [6, 6.07) is 9.32. The Bertz CT molecular complexity index is 1360. The molecule has 3 rings (SSSR count). The number of amides is 1. The van der Waals surface area contributed by atoms with Crippen LogP contribution in [0.15, 0.2) is 41.3 Å². The molecule has 0 radical (unpaired) electrons. The van der Waals surface area contributed by atoms with Gasteiger partial charge in [0.25, 0.3) is 10.0 Å². The van der Waals surface area contributed by atoms with Gasteiger partial charge < -0.3 is 20.4 Å². The van der Waals surface area contributed by atoms with Gasteiger partial charge >= 0.3 is 18.1 Å². The summed E-state index contributed by atoms with van der Waals surface area (Å²) in [4.78, 5) is 36.6. The van der Waals surface area contributed by atoms with Crippen molar-refractivity contribution in [3.05, 3.63) is 53.1 Å². The van der Waals surface area contributed by atoms with Crippen molar-refractivity contribution in [2.24, 2.45) is 0 Å². The van der Waals surface area contributed by atoms with Gasteiger partial charge in [0.15, 0.2) is 0 Å². The van der Waals surface area contributed by atoms with E-state index in [1.165, 1.54) is 18.2 Å². The van der Waals surface area contributed by atoms with Crippen LogP contribution in [-0.2, 0) is 19.6 Å². The van der Waals surface area contributed by atoms with Crippen LogP contribution in [0.1, 0.15) is 34.8 Å². The molecule has 0 atom stereocenters. The SMILES string of the molecule is CCCNC(=O)CN1CCN(c2ccc(C(=O)O)cc2NS(=O)(=O)c2ccc(C)c(C)c2)CC1.O=C(O)C(F)(F)F. The van der Waals surface area contributed by atoms with Crippen LogP contribution < -0.4 is 14.9 Å². The molecule has 41 heavy (non-hydrogen) atoms. The van der Waals surface area contributed by atoms with Gasteiger partial charge in [-0.3, -0.25) is 14.4 Å². The molecule has 0 bridgehead atoms. The predicted octanol–water partition coefficient (Wildman–Crippen LogP) is 3.08. The van der Waals surface area contributed by atoms with E-state index in [1.54, 1.807) is 18.2 Å². The van der Waals surface area contributed by atoms with Crippen molar-refractivity contribution < 1.29 is 46.2 Å². The van der Waals surface area contributed by atoms with Crippen molar-refractivity contribution in [3.63, 3.8) is 0 Å². The van der Waals surface area contributed by atoms with E-state index < -0.39 is 28.1 Å². The summed E-state index contributed by atoms with van der Waals surface area (Å²) in [7, 11) is -3.92. The third-order valence-corrected chi connectivity index (χ3v) is 7.53. The molecule has 226 valence electrons. The first-order valence-corrected chi connectivity index (χ1v) is 14.0. The quantitative estimate of drug-likeness (QED) is 0.339. The molecular weight excluding hydrogens is 569 g/mol. The van der Waals surface area contributed by atoms with Gasteiger partial charge in [-0.2, -0.15) is 13.2 Å². The summed E-state index contributed by atoms with van der Waals surface area (Å²) >= 11 is 0. The fourth-order valence-corrected chi connectivity index (χ4v) is 4.93. The highest BCUT2D eigenvalue weighted by Crippen LogP contribution is 2.31. The van der Waals surface area contributed by atoms with Gasteiger partial charge in [0.2, 0.25) is 5.91 Å². The van der Waals surface area contributed by atoms with Gasteiger partial charge in [-0.05, 0) is 61.7 Å². The van der Waals surface area contributed by atoms with Gasteiger partial charge in [0.05, 0.1) is 28.4 Å². The highest BCUT2D eigenvalue weighted by Gasteiger charge is 2.38. The first kappa shape index (κ1) is 33.4. The maximum absolute atomic E-state index is 13.1. The van der Waals surface area contributed by atoms with Gasteiger partial charge in [-0.1, -0.05) is 13.0 Å². The molecule has 1 amide bonds. The van der Waals surface area contributed by atoms with Gasteiger partial charge in [0, 0.05) is 32.7 Å². The lowest BCUT2D eigenvalue weighted by atomic mass is 10.1. The highest BCUT2D eigenvalue weighted by molar-refractivity contribution is 7.92. The molecule has 0 aliphatic carbocycles. The average molecular weight is 603 g/mol. The number of hydrogen-bond acceptors (Lipinski definition) is 7. The number of hydrogen-bond donors (Lipinski definition) is 4. The summed E-state index contributed by atoms with van der Waals surface area (Å²) in [5, 5.41) is 19.4. The number of aliphatic carboxylic acids is 1. The lowest BCUT2D eigenvalue weighted by Crippen LogP contribution is -2.49. The van der Waals surface area contributed by atoms with Crippen molar-refractivity contribution in [3.8, 4) is 0 Å². The molecule has 2 aromatic carbocycles. The van der Waals surface area contributed by atoms with Crippen LogP contribution in [0.3, 0.4) is 0 Å². The lowest BCUT2D eigenvalue weighted by Gasteiger charge is -2.36. The van der Waals surface area contributed by atoms with Crippen molar-refractivity contribution >= 4 is 39.2 Å². The number of aryl methyl sites for hydroxylation is 2. The first-order chi connectivity index (χ1) is 19.0. The second-order valence-electron chi connectivity index (χ2n) is 9.30. The summed E-state index contributed by atoms with van der Waals surface area (Å²) in [6.45, 7) is 9.12. The fraction of sp³-hybridized carbons (Fsp3) is 0.423. The molecule has 0 saturated carbocycles. The molecule has 1 aliphatic rings. The molecule has 0 unspecified atom stereocenters. The largest absolute Gasteiger partial charge is 0.490 e. The third-order valence-electron chi connectivity index (χ3n) is 6.17. The van der Waals surface area contributed by atoms with Crippen LogP contribution in [0.2, 0.25) is 0 Å². The Morgan fingerprint density at radius 3 is 2.07 bits per heavy atom. The van der Waals surface area contributed by atoms with E-state index in [4.69, 9.17) is 9.90 Å². The Kier molecular flexibility index (Phi) is 11.5. The lowest BCUT2D eigenvalue weighted by molar-refractivity contribution is -0.192. The highest BCUT2D eigenvalue weighted by atomic mass is 32.2. The van der Waals surface area contributed by atoms with Gasteiger partial charge in [-0.15, -0.1) is 0 Å². The number of rotatable bonds is 9. The number of sulfonamides is 1. The summed E-state index contributed by atoms with van der Waals surface area (Å²) in [5.41, 5.74) is 2.64. The Labute approximate surface area is 236 Å². The Balaban J connectivity index is 0.000000745. The van der Waals surface area contributed by atoms with E-state index in [-0.39, 0.29) is 22.1 Å². The smallest absolute Gasteiger partial charge is 0.478 e. The van der Waals surface area contributed by atoms with Crippen LogP contribution in [-0.4, -0.2) is 86.8 Å². The van der Waals surface area contributed by atoms with E-state index in [2.05, 4.69) is 10.0 Å². The zero-order valence-electron chi connectivity index (χ0n) is 22.8. The zero-order chi connectivity index (χ0) is 31.0. The second kappa shape index (κ2) is 14.2. The number of carbonyl (C=O) groups excluding carboxylic acids is 1. The topological polar surface area (TPSA) is 156 Å². The van der Waals surface area contributed by atoms with Crippen molar-refractivity contribution in [1.82, 2.24) is 10.2 Å². The van der Waals surface area contributed by atoms with Crippen molar-refractivity contribution in [1.29, 1.82) is 0 Å². The Hall–Kier alpha value is -3.85. The van der Waals surface area contributed by atoms with E-state index >= 15 is 0 Å². The van der Waals surface area contributed by atoms with E-state index in [1.807, 2.05) is 30.6 Å². The van der Waals surface area contributed by atoms with E-state index in [9.17, 15) is 36.3 Å². The maximum Gasteiger partial charge on any atom is 0.490 e. The summed E-state index contributed by atoms with van der Waals surface area (Å²) < 4.78 is 60.6. The molecule has 2 aromatic rings. The molecule has 4 N–H and O–H groups in total.